The fourth-order valence-corrected chi connectivity index (χ4v) is 2.71. The molecular formula is C19H21F3N2O5. The lowest BCUT2D eigenvalue weighted by molar-refractivity contribution is -0.274. The minimum Gasteiger partial charge on any atom is -0.460 e. The normalized spacial score (nSPS) is 11.2. The fraction of sp³-hybridized carbons (Fsp3) is 0.368. The Hall–Kier alpha value is -3.01. The number of para-hydroxylation sites is 1. The predicted octanol–water partition coefficient (Wildman–Crippen LogP) is 3.26. The molecule has 1 aromatic heterocycles. The molecule has 0 unspecified atom stereocenters. The summed E-state index contributed by atoms with van der Waals surface area (Å²) < 4.78 is 51.4. The number of aromatic nitrogens is 1. The van der Waals surface area contributed by atoms with E-state index in [1.54, 1.807) is 13.8 Å². The third-order valence-electron chi connectivity index (χ3n) is 4.03. The summed E-state index contributed by atoms with van der Waals surface area (Å²) in [5.41, 5.74) is 1.32. The van der Waals surface area contributed by atoms with E-state index in [-0.39, 0.29) is 36.6 Å². The number of halogens is 3. The lowest BCUT2D eigenvalue weighted by Gasteiger charge is -2.13. The molecule has 0 radical (unpaired) electrons. The summed E-state index contributed by atoms with van der Waals surface area (Å²) in [5.74, 6) is -1.58. The Bertz CT molecular complexity index is 877. The number of amides is 1. The van der Waals surface area contributed by atoms with E-state index in [1.807, 2.05) is 0 Å². The number of hydrogen-bond donors (Lipinski definition) is 2. The topological polar surface area (TPSA) is 89.7 Å². The molecule has 1 amide bonds. The molecule has 1 aromatic carbocycles. The van der Waals surface area contributed by atoms with Crippen LogP contribution in [-0.2, 0) is 16.0 Å². The number of nitrogens with one attached hydrogen (secondary N) is 2. The zero-order valence-electron chi connectivity index (χ0n) is 16.1. The average molecular weight is 414 g/mol. The number of carbonyl (C=O) groups excluding carboxylic acids is 2. The number of esters is 1. The van der Waals surface area contributed by atoms with Crippen LogP contribution in [0, 0.1) is 13.8 Å². The van der Waals surface area contributed by atoms with E-state index < -0.39 is 24.0 Å². The van der Waals surface area contributed by atoms with Crippen molar-refractivity contribution in [3.8, 4) is 5.75 Å². The maximum absolute atomic E-state index is 12.5. The van der Waals surface area contributed by atoms with E-state index in [1.165, 1.54) is 25.3 Å². The molecular weight excluding hydrogens is 393 g/mol. The molecule has 0 aliphatic rings. The number of methoxy groups -OCH3 is 1. The summed E-state index contributed by atoms with van der Waals surface area (Å²) in [7, 11) is 1.47. The highest BCUT2D eigenvalue weighted by atomic mass is 19.4. The first kappa shape index (κ1) is 22.3. The first-order chi connectivity index (χ1) is 13.6. The number of aromatic amines is 1. The third-order valence-corrected chi connectivity index (χ3v) is 4.03. The van der Waals surface area contributed by atoms with E-state index >= 15 is 0 Å². The van der Waals surface area contributed by atoms with Crippen LogP contribution in [0.2, 0.25) is 0 Å². The Morgan fingerprint density at radius 1 is 1.14 bits per heavy atom. The monoisotopic (exact) mass is 414 g/mol. The molecule has 29 heavy (non-hydrogen) atoms. The second-order valence-electron chi connectivity index (χ2n) is 6.09. The van der Waals surface area contributed by atoms with Gasteiger partial charge in [-0.25, -0.2) is 4.79 Å². The van der Waals surface area contributed by atoms with Gasteiger partial charge in [-0.1, -0.05) is 18.2 Å². The van der Waals surface area contributed by atoms with Crippen LogP contribution >= 0.6 is 0 Å². The molecule has 7 nitrogen and oxygen atoms in total. The zero-order chi connectivity index (χ0) is 21.6. The highest BCUT2D eigenvalue weighted by Crippen LogP contribution is 2.26. The van der Waals surface area contributed by atoms with E-state index in [2.05, 4.69) is 15.0 Å². The van der Waals surface area contributed by atoms with Crippen LogP contribution in [0.1, 0.15) is 37.7 Å². The average Bonchev–Trinajstić information content (AvgIpc) is 2.94. The van der Waals surface area contributed by atoms with Crippen molar-refractivity contribution in [1.29, 1.82) is 0 Å². The molecule has 0 aliphatic heterocycles. The van der Waals surface area contributed by atoms with Crippen molar-refractivity contribution in [2.45, 2.75) is 26.8 Å². The van der Waals surface area contributed by atoms with E-state index in [9.17, 15) is 22.8 Å². The van der Waals surface area contributed by atoms with Crippen molar-refractivity contribution in [3.63, 3.8) is 0 Å². The first-order valence-electron chi connectivity index (χ1n) is 8.61. The zero-order valence-corrected chi connectivity index (χ0v) is 16.1. The SMILES string of the molecule is COCCOC(=O)c1c(C)[nH]c(C(=O)NCc2ccccc2OC(F)(F)F)c1C. The maximum Gasteiger partial charge on any atom is 0.573 e. The van der Waals surface area contributed by atoms with Gasteiger partial charge in [0.1, 0.15) is 18.1 Å². The molecule has 0 fully saturated rings. The molecule has 10 heteroatoms. The minimum absolute atomic E-state index is 0.0664. The number of aryl methyl sites for hydroxylation is 1. The van der Waals surface area contributed by atoms with Crippen LogP contribution in [0.5, 0.6) is 5.75 Å². The smallest absolute Gasteiger partial charge is 0.460 e. The summed E-state index contributed by atoms with van der Waals surface area (Å²) in [6.07, 6.45) is -4.84. The molecule has 2 N–H and O–H groups in total. The lowest BCUT2D eigenvalue weighted by atomic mass is 10.1. The van der Waals surface area contributed by atoms with Gasteiger partial charge >= 0.3 is 12.3 Å². The molecule has 2 aromatic rings. The molecule has 0 saturated heterocycles. The molecule has 1 heterocycles. The van der Waals surface area contributed by atoms with Gasteiger partial charge in [-0.2, -0.15) is 0 Å². The van der Waals surface area contributed by atoms with Gasteiger partial charge in [0, 0.05) is 24.9 Å². The quantitative estimate of drug-likeness (QED) is 0.511. The van der Waals surface area contributed by atoms with Gasteiger partial charge in [-0.3, -0.25) is 4.79 Å². The summed E-state index contributed by atoms with van der Waals surface area (Å²) in [5, 5.41) is 2.52. The van der Waals surface area contributed by atoms with Crippen LogP contribution in [-0.4, -0.2) is 43.5 Å². The van der Waals surface area contributed by atoms with Gasteiger partial charge in [0.15, 0.2) is 0 Å². The van der Waals surface area contributed by atoms with Crippen molar-refractivity contribution in [3.05, 3.63) is 52.3 Å². The molecule has 0 spiro atoms. The van der Waals surface area contributed by atoms with Gasteiger partial charge in [-0.15, -0.1) is 13.2 Å². The summed E-state index contributed by atoms with van der Waals surface area (Å²) in [6, 6.07) is 5.50. The molecule has 0 bridgehead atoms. The van der Waals surface area contributed by atoms with Gasteiger partial charge in [-0.05, 0) is 25.5 Å². The second-order valence-corrected chi connectivity index (χ2v) is 6.09. The second kappa shape index (κ2) is 9.46. The fourth-order valence-electron chi connectivity index (χ4n) is 2.71. The molecule has 0 saturated carbocycles. The predicted molar refractivity (Wildman–Crippen MR) is 96.7 cm³/mol. The van der Waals surface area contributed by atoms with Crippen molar-refractivity contribution in [1.82, 2.24) is 10.3 Å². The van der Waals surface area contributed by atoms with Gasteiger partial charge < -0.3 is 24.5 Å². The number of H-pyrrole nitrogens is 1. The summed E-state index contributed by atoms with van der Waals surface area (Å²) >= 11 is 0. The first-order valence-corrected chi connectivity index (χ1v) is 8.61. The lowest BCUT2D eigenvalue weighted by Crippen LogP contribution is -2.25. The van der Waals surface area contributed by atoms with Gasteiger partial charge in [0.2, 0.25) is 0 Å². The molecule has 158 valence electrons. The highest BCUT2D eigenvalue weighted by Gasteiger charge is 2.32. The van der Waals surface area contributed by atoms with Gasteiger partial charge in [0.25, 0.3) is 5.91 Å². The van der Waals surface area contributed by atoms with Crippen molar-refractivity contribution in [2.75, 3.05) is 20.3 Å². The van der Waals surface area contributed by atoms with Gasteiger partial charge in [0.05, 0.1) is 12.2 Å². The molecule has 2 rings (SSSR count). The number of alkyl halides is 3. The van der Waals surface area contributed by atoms with E-state index in [0.29, 0.717) is 11.3 Å². The number of rotatable bonds is 8. The Morgan fingerprint density at radius 2 is 1.83 bits per heavy atom. The van der Waals surface area contributed by atoms with Crippen LogP contribution in [0.25, 0.3) is 0 Å². The highest BCUT2D eigenvalue weighted by molar-refractivity contribution is 6.00. The number of benzene rings is 1. The maximum atomic E-state index is 12.5. The van der Waals surface area contributed by atoms with E-state index in [4.69, 9.17) is 9.47 Å². The Morgan fingerprint density at radius 3 is 2.48 bits per heavy atom. The number of ether oxygens (including phenoxy) is 3. The molecule has 0 atom stereocenters. The number of carbonyl (C=O) groups is 2. The summed E-state index contributed by atoms with van der Waals surface area (Å²) in [6.45, 7) is 3.29. The van der Waals surface area contributed by atoms with Crippen molar-refractivity contribution < 1.29 is 37.0 Å². The van der Waals surface area contributed by atoms with Crippen LogP contribution < -0.4 is 10.1 Å². The van der Waals surface area contributed by atoms with Crippen molar-refractivity contribution in [2.24, 2.45) is 0 Å². The molecule has 0 aliphatic carbocycles. The van der Waals surface area contributed by atoms with Crippen LogP contribution in [0.15, 0.2) is 24.3 Å². The minimum atomic E-state index is -4.84. The number of hydrogen-bond acceptors (Lipinski definition) is 5. The van der Waals surface area contributed by atoms with E-state index in [0.717, 1.165) is 6.07 Å². The Labute approximate surface area is 165 Å². The van der Waals surface area contributed by atoms with Crippen LogP contribution in [0.3, 0.4) is 0 Å². The van der Waals surface area contributed by atoms with Crippen molar-refractivity contribution >= 4 is 11.9 Å². The Balaban J connectivity index is 2.11. The van der Waals surface area contributed by atoms with Crippen LogP contribution in [0.4, 0.5) is 13.2 Å². The standard InChI is InChI=1S/C19H21F3N2O5/c1-11-15(18(26)28-9-8-27-3)12(2)24-16(11)17(25)23-10-13-6-4-5-7-14(13)29-19(20,21)22/h4-7,24H,8-10H2,1-3H3,(H,23,25). The summed E-state index contributed by atoms with van der Waals surface area (Å²) in [4.78, 5) is 27.5. The third kappa shape index (κ3) is 5.98. The largest absolute Gasteiger partial charge is 0.573 e. The Kier molecular flexibility index (Phi) is 7.27.